The minimum atomic E-state index is -0.409. The van der Waals surface area contributed by atoms with Crippen LogP contribution in [0.5, 0.6) is 0 Å². The Morgan fingerprint density at radius 2 is 2.04 bits per heavy atom. The molecule has 25 heavy (non-hydrogen) atoms. The Hall–Kier alpha value is -3.41. The van der Waals surface area contributed by atoms with Crippen LogP contribution in [0.25, 0.3) is 22.8 Å². The van der Waals surface area contributed by atoms with Crippen molar-refractivity contribution < 1.29 is 9.18 Å². The van der Waals surface area contributed by atoms with Crippen molar-refractivity contribution in [2.75, 3.05) is 11.1 Å². The lowest BCUT2D eigenvalue weighted by molar-refractivity contribution is -0.110. The molecule has 0 atom stereocenters. The van der Waals surface area contributed by atoms with Gasteiger partial charge in [-0.2, -0.15) is 0 Å². The fourth-order valence-electron chi connectivity index (χ4n) is 3.04. The number of nitrogens with two attached hydrogens (primary N) is 1. The number of amides is 1. The maximum Gasteiger partial charge on any atom is 0.256 e. The summed E-state index contributed by atoms with van der Waals surface area (Å²) in [6, 6.07) is 9.88. The van der Waals surface area contributed by atoms with Gasteiger partial charge in [-0.1, -0.05) is 12.1 Å². The van der Waals surface area contributed by atoms with E-state index in [0.29, 0.717) is 39.3 Å². The van der Waals surface area contributed by atoms with Crippen LogP contribution in [0.1, 0.15) is 17.0 Å². The number of anilines is 2. The number of fused-ring (bicyclic) bond motifs is 1. The van der Waals surface area contributed by atoms with E-state index in [1.807, 2.05) is 6.92 Å². The molecule has 2 aromatic carbocycles. The predicted octanol–water partition coefficient (Wildman–Crippen LogP) is 3.60. The molecule has 0 saturated carbocycles. The number of carbonyl (C=O) groups excluding carboxylic acids is 1. The predicted molar refractivity (Wildman–Crippen MR) is 96.1 cm³/mol. The molecule has 2 heterocycles. The summed E-state index contributed by atoms with van der Waals surface area (Å²) in [5, 5.41) is 2.79. The highest BCUT2D eigenvalue weighted by Gasteiger charge is 2.29. The Balaban J connectivity index is 1.98. The summed E-state index contributed by atoms with van der Waals surface area (Å²) in [7, 11) is 0. The van der Waals surface area contributed by atoms with Crippen molar-refractivity contribution in [2.24, 2.45) is 0 Å². The zero-order valence-corrected chi connectivity index (χ0v) is 13.4. The van der Waals surface area contributed by atoms with Crippen molar-refractivity contribution in [3.05, 3.63) is 65.5 Å². The molecule has 0 bridgehead atoms. The standard InChI is InChI=1S/C19H15FN4O/c1-10-16(23-9-22-10)8-13-18-15(24-19(13)25)6-5-14(20)17(18)11-3-2-4-12(21)7-11/h2-9H,21H2,1H3,(H,22,23)(H,24,25)/b13-8-. The van der Waals surface area contributed by atoms with Gasteiger partial charge in [-0.3, -0.25) is 4.79 Å². The fourth-order valence-corrected chi connectivity index (χ4v) is 3.04. The normalized spacial score (nSPS) is 14.6. The molecule has 5 nitrogen and oxygen atoms in total. The fraction of sp³-hybridized carbons (Fsp3) is 0.0526. The van der Waals surface area contributed by atoms with Gasteiger partial charge in [0, 0.05) is 22.5 Å². The summed E-state index contributed by atoms with van der Waals surface area (Å²) in [6.45, 7) is 1.83. The van der Waals surface area contributed by atoms with Gasteiger partial charge in [-0.15, -0.1) is 0 Å². The van der Waals surface area contributed by atoms with Crippen LogP contribution < -0.4 is 11.1 Å². The second kappa shape index (κ2) is 5.59. The van der Waals surface area contributed by atoms with Gasteiger partial charge in [0.25, 0.3) is 5.91 Å². The first-order valence-electron chi connectivity index (χ1n) is 7.76. The summed E-state index contributed by atoms with van der Waals surface area (Å²) in [5.41, 5.74) is 10.3. The molecule has 6 heteroatoms. The molecule has 4 N–H and O–H groups in total. The SMILES string of the molecule is Cc1nc[nH]c1/C=C1\C(=O)Nc2ccc(F)c(-c3cccc(N)c3)c21. The van der Waals surface area contributed by atoms with Crippen LogP contribution in [0.4, 0.5) is 15.8 Å². The number of H-pyrrole nitrogens is 1. The third-order valence-electron chi connectivity index (χ3n) is 4.25. The van der Waals surface area contributed by atoms with Crippen molar-refractivity contribution >= 4 is 28.9 Å². The van der Waals surface area contributed by atoms with Gasteiger partial charge in [0.15, 0.2) is 0 Å². The molecule has 0 unspecified atom stereocenters. The second-order valence-corrected chi connectivity index (χ2v) is 5.88. The number of halogens is 1. The zero-order chi connectivity index (χ0) is 17.6. The third kappa shape index (κ3) is 2.48. The smallest absolute Gasteiger partial charge is 0.256 e. The minimum absolute atomic E-state index is 0.278. The average Bonchev–Trinajstić information content (AvgIpc) is 3.12. The molecule has 0 fully saturated rings. The first-order valence-corrected chi connectivity index (χ1v) is 7.76. The summed E-state index contributed by atoms with van der Waals surface area (Å²) >= 11 is 0. The van der Waals surface area contributed by atoms with Crippen molar-refractivity contribution in [2.45, 2.75) is 6.92 Å². The van der Waals surface area contributed by atoms with Crippen molar-refractivity contribution in [3.63, 3.8) is 0 Å². The van der Waals surface area contributed by atoms with Crippen LogP contribution in [0, 0.1) is 12.7 Å². The molecular formula is C19H15FN4O. The van der Waals surface area contributed by atoms with E-state index in [2.05, 4.69) is 15.3 Å². The molecule has 0 saturated heterocycles. The number of carbonyl (C=O) groups is 1. The van der Waals surface area contributed by atoms with Crippen LogP contribution in [0.3, 0.4) is 0 Å². The monoisotopic (exact) mass is 334 g/mol. The number of rotatable bonds is 2. The van der Waals surface area contributed by atoms with E-state index in [1.165, 1.54) is 6.07 Å². The highest BCUT2D eigenvalue weighted by atomic mass is 19.1. The Bertz CT molecular complexity index is 1040. The molecule has 0 spiro atoms. The number of nitrogens with zero attached hydrogens (tertiary/aromatic N) is 1. The number of aryl methyl sites for hydroxylation is 1. The molecule has 1 amide bonds. The largest absolute Gasteiger partial charge is 0.399 e. The van der Waals surface area contributed by atoms with Crippen LogP contribution in [-0.2, 0) is 4.79 Å². The van der Waals surface area contributed by atoms with Crippen molar-refractivity contribution in [3.8, 4) is 11.1 Å². The lowest BCUT2D eigenvalue weighted by atomic mass is 9.93. The third-order valence-corrected chi connectivity index (χ3v) is 4.25. The summed E-state index contributed by atoms with van der Waals surface area (Å²) < 4.78 is 14.7. The number of hydrogen-bond donors (Lipinski definition) is 3. The van der Waals surface area contributed by atoms with E-state index in [9.17, 15) is 9.18 Å². The lowest BCUT2D eigenvalue weighted by Gasteiger charge is -2.11. The number of nitrogen functional groups attached to an aromatic ring is 1. The topological polar surface area (TPSA) is 83.8 Å². The summed E-state index contributed by atoms with van der Waals surface area (Å²) in [4.78, 5) is 19.6. The van der Waals surface area contributed by atoms with Gasteiger partial charge in [0.05, 0.1) is 23.3 Å². The quantitative estimate of drug-likeness (QED) is 0.494. The summed E-state index contributed by atoms with van der Waals surface area (Å²) in [5.74, 6) is -0.687. The summed E-state index contributed by atoms with van der Waals surface area (Å²) in [6.07, 6.45) is 3.25. The highest BCUT2D eigenvalue weighted by Crippen LogP contribution is 2.42. The molecule has 0 aliphatic carbocycles. The number of aromatic amines is 1. The van der Waals surface area contributed by atoms with Gasteiger partial charge in [-0.05, 0) is 42.8 Å². The molecule has 1 aromatic heterocycles. The molecule has 124 valence electrons. The van der Waals surface area contributed by atoms with Gasteiger partial charge in [0.2, 0.25) is 0 Å². The van der Waals surface area contributed by atoms with E-state index in [0.717, 1.165) is 5.69 Å². The second-order valence-electron chi connectivity index (χ2n) is 5.88. The van der Waals surface area contributed by atoms with E-state index in [4.69, 9.17) is 5.73 Å². The minimum Gasteiger partial charge on any atom is -0.399 e. The highest BCUT2D eigenvalue weighted by molar-refractivity contribution is 6.36. The Morgan fingerprint density at radius 1 is 1.20 bits per heavy atom. The average molecular weight is 334 g/mol. The Labute approximate surface area is 143 Å². The molecule has 4 rings (SSSR count). The lowest BCUT2D eigenvalue weighted by Crippen LogP contribution is -2.03. The van der Waals surface area contributed by atoms with Crippen LogP contribution in [0.15, 0.2) is 42.7 Å². The molecule has 3 aromatic rings. The van der Waals surface area contributed by atoms with Crippen molar-refractivity contribution in [1.82, 2.24) is 9.97 Å². The van der Waals surface area contributed by atoms with E-state index in [-0.39, 0.29) is 5.91 Å². The Morgan fingerprint density at radius 3 is 2.76 bits per heavy atom. The van der Waals surface area contributed by atoms with E-state index < -0.39 is 5.82 Å². The maximum absolute atomic E-state index is 14.7. The number of benzene rings is 2. The van der Waals surface area contributed by atoms with Gasteiger partial charge >= 0.3 is 0 Å². The number of aromatic nitrogens is 2. The van der Waals surface area contributed by atoms with Gasteiger partial charge < -0.3 is 16.0 Å². The van der Waals surface area contributed by atoms with Crippen LogP contribution in [0.2, 0.25) is 0 Å². The Kier molecular flexibility index (Phi) is 3.39. The molecule has 0 radical (unpaired) electrons. The number of nitrogens with one attached hydrogen (secondary N) is 2. The van der Waals surface area contributed by atoms with Gasteiger partial charge in [-0.25, -0.2) is 9.37 Å². The van der Waals surface area contributed by atoms with E-state index >= 15 is 0 Å². The van der Waals surface area contributed by atoms with Crippen LogP contribution >= 0.6 is 0 Å². The van der Waals surface area contributed by atoms with Crippen molar-refractivity contribution in [1.29, 1.82) is 0 Å². The maximum atomic E-state index is 14.7. The first kappa shape index (κ1) is 15.1. The van der Waals surface area contributed by atoms with Crippen LogP contribution in [-0.4, -0.2) is 15.9 Å². The number of hydrogen-bond acceptors (Lipinski definition) is 3. The van der Waals surface area contributed by atoms with E-state index in [1.54, 1.807) is 42.7 Å². The molecule has 1 aliphatic heterocycles. The number of imidazole rings is 1. The molecular weight excluding hydrogens is 319 g/mol. The zero-order valence-electron chi connectivity index (χ0n) is 13.4. The molecule has 1 aliphatic rings. The first-order chi connectivity index (χ1) is 12.0. The van der Waals surface area contributed by atoms with Gasteiger partial charge in [0.1, 0.15) is 5.82 Å².